The summed E-state index contributed by atoms with van der Waals surface area (Å²) in [6.07, 6.45) is 4.41. The van der Waals surface area contributed by atoms with Crippen LogP contribution in [0.1, 0.15) is 35.2 Å². The minimum Gasteiger partial charge on any atom is -0.493 e. The van der Waals surface area contributed by atoms with Gasteiger partial charge in [0.2, 0.25) is 0 Å². The summed E-state index contributed by atoms with van der Waals surface area (Å²) in [5, 5.41) is 10.2. The van der Waals surface area contributed by atoms with Gasteiger partial charge in [-0.1, -0.05) is 36.4 Å². The number of benzene rings is 2. The zero-order chi connectivity index (χ0) is 19.9. The van der Waals surface area contributed by atoms with Gasteiger partial charge in [0.15, 0.2) is 11.3 Å². The summed E-state index contributed by atoms with van der Waals surface area (Å²) in [5.41, 5.74) is 2.20. The van der Waals surface area contributed by atoms with Crippen LogP contribution >= 0.6 is 0 Å². The molecule has 0 amide bonds. The van der Waals surface area contributed by atoms with Gasteiger partial charge in [-0.05, 0) is 37.0 Å². The molecule has 2 aromatic carbocycles. The Morgan fingerprint density at radius 2 is 2.00 bits per heavy atom. The van der Waals surface area contributed by atoms with Crippen LogP contribution < -0.4 is 4.74 Å². The average Bonchev–Trinajstić information content (AvgIpc) is 3.13. The third-order valence-corrected chi connectivity index (χ3v) is 4.49. The normalized spacial score (nSPS) is 10.8. The molecule has 3 aromatic rings. The number of rotatable bonds is 9. The number of fused-ring (bicyclic) bond motifs is 1. The smallest absolute Gasteiger partial charge is 0.342 e. The first-order valence-corrected chi connectivity index (χ1v) is 9.27. The zero-order valence-corrected chi connectivity index (χ0v) is 15.9. The quantitative estimate of drug-likeness (QED) is 0.317. The molecule has 0 saturated heterocycles. The Morgan fingerprint density at radius 3 is 2.68 bits per heavy atom. The number of esters is 1. The highest BCUT2D eigenvalue weighted by atomic mass is 16.5. The molecule has 1 heterocycles. The summed E-state index contributed by atoms with van der Waals surface area (Å²) in [5.74, 6) is 0.442. The number of aliphatic hydroxyl groups is 1. The highest BCUT2D eigenvalue weighted by Gasteiger charge is 2.25. The van der Waals surface area contributed by atoms with E-state index in [1.807, 2.05) is 36.4 Å². The van der Waals surface area contributed by atoms with Gasteiger partial charge in [-0.2, -0.15) is 0 Å². The van der Waals surface area contributed by atoms with E-state index in [1.54, 1.807) is 12.1 Å². The van der Waals surface area contributed by atoms with Crippen LogP contribution in [-0.4, -0.2) is 24.8 Å². The van der Waals surface area contributed by atoms with Crippen molar-refractivity contribution in [3.63, 3.8) is 0 Å². The van der Waals surface area contributed by atoms with E-state index in [1.165, 1.54) is 7.11 Å². The summed E-state index contributed by atoms with van der Waals surface area (Å²) in [6.45, 7) is 3.84. The number of ether oxygens (including phenoxy) is 2. The van der Waals surface area contributed by atoms with Gasteiger partial charge in [0.25, 0.3) is 0 Å². The number of aliphatic hydroxyl groups excluding tert-OH is 1. The third kappa shape index (κ3) is 4.10. The third-order valence-electron chi connectivity index (χ3n) is 4.49. The van der Waals surface area contributed by atoms with Crippen LogP contribution in [0.4, 0.5) is 0 Å². The summed E-state index contributed by atoms with van der Waals surface area (Å²) in [6, 6.07) is 12.8. The summed E-state index contributed by atoms with van der Waals surface area (Å²) in [4.78, 5) is 12.9. The van der Waals surface area contributed by atoms with Gasteiger partial charge < -0.3 is 19.0 Å². The Bertz CT molecular complexity index is 956. The van der Waals surface area contributed by atoms with Gasteiger partial charge in [0.1, 0.15) is 11.3 Å². The van der Waals surface area contributed by atoms with Crippen LogP contribution in [0, 0.1) is 0 Å². The Balaban J connectivity index is 2.06. The first-order valence-electron chi connectivity index (χ1n) is 9.27. The molecule has 5 nitrogen and oxygen atoms in total. The standard InChI is InChI=1S/C23H24O5/c1-3-4-5-9-12-27-23(25)20-18-13-16(15-24)14-19(26-2)22(18)28-21(20)17-10-7-6-8-11-17/h3,6-8,10-11,13-14,24H,1,4-5,9,12,15H2,2H3. The van der Waals surface area contributed by atoms with Crippen molar-refractivity contribution in [2.45, 2.75) is 25.9 Å². The van der Waals surface area contributed by atoms with Crippen LogP contribution in [0.5, 0.6) is 5.75 Å². The fraction of sp³-hybridized carbons (Fsp3) is 0.261. The summed E-state index contributed by atoms with van der Waals surface area (Å²) >= 11 is 0. The topological polar surface area (TPSA) is 68.9 Å². The van der Waals surface area contributed by atoms with Crippen LogP contribution in [0.15, 0.2) is 59.5 Å². The molecular formula is C23H24O5. The number of allylic oxidation sites excluding steroid dienone is 1. The van der Waals surface area contributed by atoms with Crippen molar-refractivity contribution in [3.05, 3.63) is 66.2 Å². The van der Waals surface area contributed by atoms with Crippen molar-refractivity contribution >= 4 is 16.9 Å². The molecule has 5 heteroatoms. The molecule has 0 fully saturated rings. The molecule has 1 N–H and O–H groups in total. The van der Waals surface area contributed by atoms with Crippen molar-refractivity contribution in [1.82, 2.24) is 0 Å². The molecule has 146 valence electrons. The van der Waals surface area contributed by atoms with Gasteiger partial charge in [-0.25, -0.2) is 4.79 Å². The molecule has 0 saturated carbocycles. The molecule has 3 rings (SSSR count). The Kier molecular flexibility index (Phi) is 6.50. The van der Waals surface area contributed by atoms with Gasteiger partial charge in [-0.15, -0.1) is 6.58 Å². The van der Waals surface area contributed by atoms with E-state index in [9.17, 15) is 9.90 Å². The Labute approximate surface area is 164 Å². The van der Waals surface area contributed by atoms with E-state index in [0.29, 0.717) is 40.2 Å². The second-order valence-electron chi connectivity index (χ2n) is 6.43. The second kappa shape index (κ2) is 9.24. The van der Waals surface area contributed by atoms with E-state index < -0.39 is 5.97 Å². The average molecular weight is 380 g/mol. The lowest BCUT2D eigenvalue weighted by Crippen LogP contribution is -2.07. The van der Waals surface area contributed by atoms with E-state index in [2.05, 4.69) is 6.58 Å². The molecule has 0 spiro atoms. The molecule has 0 aliphatic rings. The van der Waals surface area contributed by atoms with Gasteiger partial charge in [-0.3, -0.25) is 0 Å². The number of hydrogen-bond donors (Lipinski definition) is 1. The molecule has 0 aliphatic carbocycles. The van der Waals surface area contributed by atoms with Crippen LogP contribution in [-0.2, 0) is 11.3 Å². The molecule has 0 radical (unpaired) electrons. The van der Waals surface area contributed by atoms with Crippen molar-refractivity contribution in [2.75, 3.05) is 13.7 Å². The van der Waals surface area contributed by atoms with Gasteiger partial charge in [0, 0.05) is 10.9 Å². The maximum Gasteiger partial charge on any atom is 0.342 e. The number of carbonyl (C=O) groups excluding carboxylic acids is 1. The highest BCUT2D eigenvalue weighted by Crippen LogP contribution is 2.39. The summed E-state index contributed by atoms with van der Waals surface area (Å²) in [7, 11) is 1.53. The molecule has 0 unspecified atom stereocenters. The molecule has 0 aliphatic heterocycles. The maximum atomic E-state index is 12.9. The van der Waals surface area contributed by atoms with Gasteiger partial charge >= 0.3 is 5.97 Å². The van der Waals surface area contributed by atoms with E-state index in [4.69, 9.17) is 13.9 Å². The maximum absolute atomic E-state index is 12.9. The van der Waals surface area contributed by atoms with E-state index in [0.717, 1.165) is 24.8 Å². The second-order valence-corrected chi connectivity index (χ2v) is 6.43. The van der Waals surface area contributed by atoms with Crippen molar-refractivity contribution < 1.29 is 23.8 Å². The number of carbonyl (C=O) groups is 1. The highest BCUT2D eigenvalue weighted by molar-refractivity contribution is 6.10. The zero-order valence-electron chi connectivity index (χ0n) is 15.9. The minimum absolute atomic E-state index is 0.172. The monoisotopic (exact) mass is 380 g/mol. The SMILES string of the molecule is C=CCCCCOC(=O)c1c(-c2ccccc2)oc2c(OC)cc(CO)cc12. The molecular weight excluding hydrogens is 356 g/mol. The molecule has 1 aromatic heterocycles. The summed E-state index contributed by atoms with van der Waals surface area (Å²) < 4.78 is 17.0. The lowest BCUT2D eigenvalue weighted by molar-refractivity contribution is 0.0501. The fourth-order valence-corrected chi connectivity index (χ4v) is 3.09. The van der Waals surface area contributed by atoms with E-state index in [-0.39, 0.29) is 6.61 Å². The molecule has 0 bridgehead atoms. The van der Waals surface area contributed by atoms with Crippen molar-refractivity contribution in [1.29, 1.82) is 0 Å². The number of hydrogen-bond acceptors (Lipinski definition) is 5. The molecule has 0 atom stereocenters. The predicted molar refractivity (Wildman–Crippen MR) is 108 cm³/mol. The number of furan rings is 1. The van der Waals surface area contributed by atoms with Crippen LogP contribution in [0.25, 0.3) is 22.3 Å². The first kappa shape index (κ1) is 19.7. The lowest BCUT2D eigenvalue weighted by atomic mass is 10.0. The van der Waals surface area contributed by atoms with Crippen LogP contribution in [0.2, 0.25) is 0 Å². The van der Waals surface area contributed by atoms with Crippen molar-refractivity contribution in [2.24, 2.45) is 0 Å². The lowest BCUT2D eigenvalue weighted by Gasteiger charge is -2.06. The Morgan fingerprint density at radius 1 is 1.21 bits per heavy atom. The van der Waals surface area contributed by atoms with Crippen LogP contribution in [0.3, 0.4) is 0 Å². The molecule has 28 heavy (non-hydrogen) atoms. The van der Waals surface area contributed by atoms with Crippen molar-refractivity contribution in [3.8, 4) is 17.1 Å². The fourth-order valence-electron chi connectivity index (χ4n) is 3.09. The number of unbranched alkanes of at least 4 members (excludes halogenated alkanes) is 2. The largest absolute Gasteiger partial charge is 0.493 e. The first-order chi connectivity index (χ1) is 13.7. The van der Waals surface area contributed by atoms with Gasteiger partial charge in [0.05, 0.1) is 20.3 Å². The van der Waals surface area contributed by atoms with E-state index >= 15 is 0 Å². The minimum atomic E-state index is -0.451. The number of methoxy groups -OCH3 is 1. The Hall–Kier alpha value is -3.05. The predicted octanol–water partition coefficient (Wildman–Crippen LogP) is 5.11.